The van der Waals surface area contributed by atoms with E-state index in [2.05, 4.69) is 25.2 Å². The van der Waals surface area contributed by atoms with Crippen molar-refractivity contribution in [2.45, 2.75) is 44.3 Å². The smallest absolute Gasteiger partial charge is 0.262 e. The van der Waals surface area contributed by atoms with Gasteiger partial charge in [-0.25, -0.2) is 0 Å². The van der Waals surface area contributed by atoms with Gasteiger partial charge in [0.25, 0.3) is 5.91 Å². The summed E-state index contributed by atoms with van der Waals surface area (Å²) in [6.07, 6.45) is 1.12. The highest BCUT2D eigenvalue weighted by Gasteiger charge is 2.08. The fourth-order valence-electron chi connectivity index (χ4n) is 2.29. The molecule has 0 saturated carbocycles. The standard InChI is InChI=1S/C21H25NO3S/c1-5-15(3)26-19-10-11-20(14(2)12-19)22-21(24)13-25-18-8-6-17(7-9-18)16(4)23/h6-12,15H,5,13H2,1-4H3,(H,22,24). The maximum absolute atomic E-state index is 12.1. The largest absolute Gasteiger partial charge is 0.484 e. The fraction of sp³-hybridized carbons (Fsp3) is 0.333. The Kier molecular flexibility index (Phi) is 7.27. The minimum absolute atomic E-state index is 0.000270. The number of rotatable bonds is 8. The first kappa shape index (κ1) is 20.0. The number of benzene rings is 2. The third-order valence-corrected chi connectivity index (χ3v) is 5.28. The molecule has 0 aromatic heterocycles. The minimum atomic E-state index is -0.217. The van der Waals surface area contributed by atoms with E-state index < -0.39 is 0 Å². The lowest BCUT2D eigenvalue weighted by molar-refractivity contribution is -0.118. The van der Waals surface area contributed by atoms with Gasteiger partial charge in [0.05, 0.1) is 0 Å². The molecule has 0 saturated heterocycles. The van der Waals surface area contributed by atoms with Crippen molar-refractivity contribution in [1.29, 1.82) is 0 Å². The molecule has 0 bridgehead atoms. The summed E-state index contributed by atoms with van der Waals surface area (Å²) < 4.78 is 5.48. The second-order valence-corrected chi connectivity index (χ2v) is 7.74. The Bertz CT molecular complexity index is 771. The number of hydrogen-bond donors (Lipinski definition) is 1. The molecular formula is C21H25NO3S. The number of carbonyl (C=O) groups excluding carboxylic acids is 2. The van der Waals surface area contributed by atoms with Gasteiger partial charge >= 0.3 is 0 Å². The Balaban J connectivity index is 1.90. The lowest BCUT2D eigenvalue weighted by atomic mass is 10.1. The van der Waals surface area contributed by atoms with E-state index in [1.54, 1.807) is 24.3 Å². The van der Waals surface area contributed by atoms with Crippen molar-refractivity contribution in [3.63, 3.8) is 0 Å². The van der Waals surface area contributed by atoms with Crippen LogP contribution in [0.1, 0.15) is 43.1 Å². The normalized spacial score (nSPS) is 11.7. The van der Waals surface area contributed by atoms with Gasteiger partial charge in [-0.15, -0.1) is 11.8 Å². The zero-order valence-electron chi connectivity index (χ0n) is 15.7. The molecule has 0 heterocycles. The van der Waals surface area contributed by atoms with Gasteiger partial charge in [-0.3, -0.25) is 9.59 Å². The van der Waals surface area contributed by atoms with E-state index in [0.717, 1.165) is 17.7 Å². The van der Waals surface area contributed by atoms with Crippen LogP contribution in [0, 0.1) is 6.92 Å². The van der Waals surface area contributed by atoms with Crippen molar-refractivity contribution in [2.75, 3.05) is 11.9 Å². The van der Waals surface area contributed by atoms with Crippen molar-refractivity contribution in [2.24, 2.45) is 0 Å². The van der Waals surface area contributed by atoms with Gasteiger partial charge in [-0.05, 0) is 68.3 Å². The number of hydrogen-bond acceptors (Lipinski definition) is 4. The first-order valence-electron chi connectivity index (χ1n) is 8.70. The summed E-state index contributed by atoms with van der Waals surface area (Å²) in [4.78, 5) is 24.6. The lowest BCUT2D eigenvalue weighted by Gasteiger charge is -2.13. The van der Waals surface area contributed by atoms with Crippen LogP contribution in [0.15, 0.2) is 47.4 Å². The van der Waals surface area contributed by atoms with Crippen LogP contribution in [0.5, 0.6) is 5.75 Å². The summed E-state index contributed by atoms with van der Waals surface area (Å²) in [6.45, 7) is 7.79. The van der Waals surface area contributed by atoms with Gasteiger partial charge in [0.1, 0.15) is 5.75 Å². The maximum Gasteiger partial charge on any atom is 0.262 e. The van der Waals surface area contributed by atoms with E-state index in [4.69, 9.17) is 4.74 Å². The summed E-state index contributed by atoms with van der Waals surface area (Å²) in [6, 6.07) is 12.8. The number of amides is 1. The van der Waals surface area contributed by atoms with Crippen LogP contribution in [0.4, 0.5) is 5.69 Å². The van der Waals surface area contributed by atoms with E-state index in [0.29, 0.717) is 16.6 Å². The van der Waals surface area contributed by atoms with Crippen LogP contribution in [-0.4, -0.2) is 23.5 Å². The summed E-state index contributed by atoms with van der Waals surface area (Å²) in [7, 11) is 0. The third kappa shape index (κ3) is 5.92. The monoisotopic (exact) mass is 371 g/mol. The molecule has 2 aromatic rings. The second-order valence-electron chi connectivity index (χ2n) is 6.23. The summed E-state index contributed by atoms with van der Waals surface area (Å²) in [5.41, 5.74) is 2.43. The van der Waals surface area contributed by atoms with E-state index in [1.807, 2.05) is 30.8 Å². The Morgan fingerprint density at radius 2 is 1.85 bits per heavy atom. The van der Waals surface area contributed by atoms with Gasteiger partial charge in [-0.1, -0.05) is 13.8 Å². The molecule has 2 rings (SSSR count). The number of nitrogens with one attached hydrogen (secondary N) is 1. The molecule has 0 aliphatic rings. The summed E-state index contributed by atoms with van der Waals surface area (Å²) in [5, 5.41) is 3.44. The molecule has 4 nitrogen and oxygen atoms in total. The van der Waals surface area contributed by atoms with E-state index in [9.17, 15) is 9.59 Å². The van der Waals surface area contributed by atoms with Gasteiger partial charge < -0.3 is 10.1 Å². The van der Waals surface area contributed by atoms with Gasteiger partial charge in [0.15, 0.2) is 12.4 Å². The number of anilines is 1. The molecule has 1 unspecified atom stereocenters. The van der Waals surface area contributed by atoms with Crippen molar-refractivity contribution in [3.05, 3.63) is 53.6 Å². The molecule has 0 aliphatic carbocycles. The predicted octanol–water partition coefficient (Wildman–Crippen LogP) is 5.11. The van der Waals surface area contributed by atoms with Crippen molar-refractivity contribution in [1.82, 2.24) is 0 Å². The zero-order valence-corrected chi connectivity index (χ0v) is 16.5. The van der Waals surface area contributed by atoms with Gasteiger partial charge in [-0.2, -0.15) is 0 Å². The van der Waals surface area contributed by atoms with Crippen LogP contribution >= 0.6 is 11.8 Å². The molecule has 2 aromatic carbocycles. The first-order chi connectivity index (χ1) is 12.4. The zero-order chi connectivity index (χ0) is 19.1. The maximum atomic E-state index is 12.1. The molecule has 5 heteroatoms. The molecule has 1 atom stereocenters. The van der Waals surface area contributed by atoms with Gasteiger partial charge in [0, 0.05) is 21.4 Å². The molecule has 1 N–H and O–H groups in total. The van der Waals surface area contributed by atoms with E-state index >= 15 is 0 Å². The summed E-state index contributed by atoms with van der Waals surface area (Å²) in [5.74, 6) is 0.341. The average molecular weight is 372 g/mol. The number of Topliss-reactive ketones (excluding diaryl/α,β-unsaturated/α-hetero) is 1. The third-order valence-electron chi connectivity index (χ3n) is 4.01. The number of aryl methyl sites for hydroxylation is 1. The number of ketones is 1. The molecule has 0 spiro atoms. The molecule has 138 valence electrons. The molecule has 0 radical (unpaired) electrons. The van der Waals surface area contributed by atoms with Crippen LogP contribution in [0.2, 0.25) is 0 Å². The number of thioether (sulfide) groups is 1. The molecule has 0 aliphatic heterocycles. The van der Waals surface area contributed by atoms with Crippen LogP contribution in [0.3, 0.4) is 0 Å². The molecule has 1 amide bonds. The highest BCUT2D eigenvalue weighted by molar-refractivity contribution is 7.99. The number of ether oxygens (including phenoxy) is 1. The fourth-order valence-corrected chi connectivity index (χ4v) is 3.31. The molecule has 26 heavy (non-hydrogen) atoms. The predicted molar refractivity (Wildman–Crippen MR) is 107 cm³/mol. The summed E-state index contributed by atoms with van der Waals surface area (Å²) >= 11 is 1.83. The van der Waals surface area contributed by atoms with Crippen LogP contribution < -0.4 is 10.1 Å². The van der Waals surface area contributed by atoms with Crippen LogP contribution in [0.25, 0.3) is 0 Å². The Hall–Kier alpha value is -2.27. The Labute approximate surface area is 159 Å². The van der Waals surface area contributed by atoms with Gasteiger partial charge in [0.2, 0.25) is 0 Å². The first-order valence-corrected chi connectivity index (χ1v) is 9.58. The minimum Gasteiger partial charge on any atom is -0.484 e. The Morgan fingerprint density at radius 1 is 1.15 bits per heavy atom. The van der Waals surface area contributed by atoms with E-state index in [1.165, 1.54) is 11.8 Å². The second kappa shape index (κ2) is 9.43. The average Bonchev–Trinajstić information content (AvgIpc) is 2.62. The van der Waals surface area contributed by atoms with Crippen molar-refractivity contribution >= 4 is 29.1 Å². The van der Waals surface area contributed by atoms with Crippen LogP contribution in [-0.2, 0) is 4.79 Å². The Morgan fingerprint density at radius 3 is 2.42 bits per heavy atom. The van der Waals surface area contributed by atoms with Crippen molar-refractivity contribution < 1.29 is 14.3 Å². The quantitative estimate of drug-likeness (QED) is 0.518. The molecular weight excluding hydrogens is 346 g/mol. The van der Waals surface area contributed by atoms with E-state index in [-0.39, 0.29) is 18.3 Å². The topological polar surface area (TPSA) is 55.4 Å². The van der Waals surface area contributed by atoms with Crippen molar-refractivity contribution in [3.8, 4) is 5.75 Å². The molecule has 0 fully saturated rings. The number of carbonyl (C=O) groups is 2. The lowest BCUT2D eigenvalue weighted by Crippen LogP contribution is -2.20. The SMILES string of the molecule is CCC(C)Sc1ccc(NC(=O)COc2ccc(C(C)=O)cc2)c(C)c1. The highest BCUT2D eigenvalue weighted by atomic mass is 32.2. The highest BCUT2D eigenvalue weighted by Crippen LogP contribution is 2.28.